The van der Waals surface area contributed by atoms with Crippen molar-refractivity contribution in [1.29, 1.82) is 0 Å². The second kappa shape index (κ2) is 6.33. The smallest absolute Gasteiger partial charge is 0.223 e. The molecule has 2 aliphatic heterocycles. The van der Waals surface area contributed by atoms with E-state index < -0.39 is 0 Å². The van der Waals surface area contributed by atoms with Crippen molar-refractivity contribution in [3.05, 3.63) is 42.5 Å². The molecule has 2 heterocycles. The summed E-state index contributed by atoms with van der Waals surface area (Å²) in [6.07, 6.45) is 6.47. The largest absolute Gasteiger partial charge is 0.372 e. The number of hydrogen-bond acceptors (Lipinski definition) is 2. The van der Waals surface area contributed by atoms with E-state index in [4.69, 9.17) is 0 Å². The van der Waals surface area contributed by atoms with Gasteiger partial charge in [-0.1, -0.05) is 18.2 Å². The van der Waals surface area contributed by atoms with E-state index in [2.05, 4.69) is 35.7 Å². The molecule has 112 valence electrons. The van der Waals surface area contributed by atoms with E-state index in [0.29, 0.717) is 12.3 Å². The molecule has 3 heteroatoms. The number of benzene rings is 1. The van der Waals surface area contributed by atoms with Crippen molar-refractivity contribution in [2.24, 2.45) is 5.92 Å². The molecule has 1 unspecified atom stereocenters. The maximum Gasteiger partial charge on any atom is 0.223 e. The third-order valence-electron chi connectivity index (χ3n) is 4.61. The molecule has 2 fully saturated rings. The maximum atomic E-state index is 11.9. The van der Waals surface area contributed by atoms with Crippen molar-refractivity contribution in [1.82, 2.24) is 4.90 Å². The van der Waals surface area contributed by atoms with Gasteiger partial charge in [-0.2, -0.15) is 0 Å². The highest BCUT2D eigenvalue weighted by Crippen LogP contribution is 2.23. The zero-order valence-electron chi connectivity index (χ0n) is 12.6. The number of piperidine rings is 1. The predicted molar refractivity (Wildman–Crippen MR) is 86.2 cm³/mol. The van der Waals surface area contributed by atoms with E-state index in [0.717, 1.165) is 13.1 Å². The zero-order valence-corrected chi connectivity index (χ0v) is 12.6. The van der Waals surface area contributed by atoms with Gasteiger partial charge in [-0.15, -0.1) is 6.58 Å². The van der Waals surface area contributed by atoms with Crippen LogP contribution in [-0.2, 0) is 11.3 Å². The summed E-state index contributed by atoms with van der Waals surface area (Å²) < 4.78 is 0. The first-order valence-corrected chi connectivity index (χ1v) is 8.00. The number of carbonyl (C=O) groups excluding carboxylic acids is 1. The van der Waals surface area contributed by atoms with Crippen molar-refractivity contribution < 1.29 is 4.79 Å². The average molecular weight is 284 g/mol. The van der Waals surface area contributed by atoms with Crippen molar-refractivity contribution in [2.45, 2.75) is 32.2 Å². The fourth-order valence-corrected chi connectivity index (χ4v) is 3.30. The van der Waals surface area contributed by atoms with Crippen LogP contribution >= 0.6 is 0 Å². The van der Waals surface area contributed by atoms with Crippen molar-refractivity contribution in [3.63, 3.8) is 0 Å². The fraction of sp³-hybridized carbons (Fsp3) is 0.500. The molecule has 0 aromatic heterocycles. The Kier molecular flexibility index (Phi) is 4.28. The monoisotopic (exact) mass is 284 g/mol. The number of carbonyl (C=O) groups is 1. The number of anilines is 1. The van der Waals surface area contributed by atoms with Gasteiger partial charge in [0, 0.05) is 44.2 Å². The number of likely N-dealkylation sites (tertiary alicyclic amines) is 1. The lowest BCUT2D eigenvalue weighted by Crippen LogP contribution is -2.29. The van der Waals surface area contributed by atoms with Gasteiger partial charge in [0.05, 0.1) is 0 Å². The van der Waals surface area contributed by atoms with E-state index in [-0.39, 0.29) is 5.91 Å². The van der Waals surface area contributed by atoms with Crippen LogP contribution in [0.15, 0.2) is 36.9 Å². The van der Waals surface area contributed by atoms with Gasteiger partial charge in [-0.05, 0) is 37.0 Å². The van der Waals surface area contributed by atoms with Crippen LogP contribution in [0.25, 0.3) is 0 Å². The Labute approximate surface area is 127 Å². The molecule has 0 saturated carbocycles. The highest BCUT2D eigenvalue weighted by Gasteiger charge is 2.27. The standard InChI is InChI=1S/C18H24N2O/c1-2-15-12-18(21)20(13-15)14-16-6-8-17(9-7-16)19-10-4-3-5-11-19/h2,6-9,15H,1,3-5,10-14H2. The summed E-state index contributed by atoms with van der Waals surface area (Å²) in [6.45, 7) is 7.68. The van der Waals surface area contributed by atoms with Crippen molar-refractivity contribution in [2.75, 3.05) is 24.5 Å². The summed E-state index contributed by atoms with van der Waals surface area (Å²) in [7, 11) is 0. The van der Waals surface area contributed by atoms with E-state index in [1.165, 1.54) is 43.6 Å². The molecular weight excluding hydrogens is 260 g/mol. The summed E-state index contributed by atoms with van der Waals surface area (Å²) >= 11 is 0. The molecule has 1 atom stereocenters. The predicted octanol–water partition coefficient (Wildman–Crippen LogP) is 3.21. The van der Waals surface area contributed by atoms with Crippen LogP contribution in [0.3, 0.4) is 0 Å². The topological polar surface area (TPSA) is 23.6 Å². The first kappa shape index (κ1) is 14.2. The van der Waals surface area contributed by atoms with Crippen LogP contribution in [0, 0.1) is 5.92 Å². The van der Waals surface area contributed by atoms with Crippen LogP contribution in [-0.4, -0.2) is 30.4 Å². The van der Waals surface area contributed by atoms with E-state index in [1.807, 2.05) is 11.0 Å². The Balaban J connectivity index is 1.62. The van der Waals surface area contributed by atoms with Gasteiger partial charge in [0.15, 0.2) is 0 Å². The highest BCUT2D eigenvalue weighted by atomic mass is 16.2. The Morgan fingerprint density at radius 2 is 1.86 bits per heavy atom. The lowest BCUT2D eigenvalue weighted by Gasteiger charge is -2.29. The molecule has 2 aliphatic rings. The zero-order chi connectivity index (χ0) is 14.7. The van der Waals surface area contributed by atoms with E-state index in [9.17, 15) is 4.79 Å². The fourth-order valence-electron chi connectivity index (χ4n) is 3.30. The van der Waals surface area contributed by atoms with Crippen LogP contribution in [0.1, 0.15) is 31.2 Å². The molecule has 0 aliphatic carbocycles. The molecule has 1 aromatic rings. The minimum absolute atomic E-state index is 0.250. The van der Waals surface area contributed by atoms with E-state index in [1.54, 1.807) is 0 Å². The number of rotatable bonds is 4. The first-order valence-electron chi connectivity index (χ1n) is 8.00. The highest BCUT2D eigenvalue weighted by molar-refractivity contribution is 5.79. The number of hydrogen-bond donors (Lipinski definition) is 0. The summed E-state index contributed by atoms with van der Waals surface area (Å²) in [5, 5.41) is 0. The second-order valence-corrected chi connectivity index (χ2v) is 6.19. The molecule has 0 bridgehead atoms. The van der Waals surface area contributed by atoms with Gasteiger partial charge >= 0.3 is 0 Å². The third-order valence-corrected chi connectivity index (χ3v) is 4.61. The van der Waals surface area contributed by atoms with Crippen LogP contribution < -0.4 is 4.90 Å². The summed E-state index contributed by atoms with van der Waals surface area (Å²) in [6, 6.07) is 8.73. The summed E-state index contributed by atoms with van der Waals surface area (Å²) in [5.74, 6) is 0.574. The second-order valence-electron chi connectivity index (χ2n) is 6.19. The molecule has 0 spiro atoms. The first-order chi connectivity index (χ1) is 10.3. The molecule has 0 N–H and O–H groups in total. The van der Waals surface area contributed by atoms with Crippen molar-refractivity contribution >= 4 is 11.6 Å². The molecule has 1 amide bonds. The summed E-state index contributed by atoms with van der Waals surface area (Å²) in [4.78, 5) is 16.3. The summed E-state index contributed by atoms with van der Waals surface area (Å²) in [5.41, 5.74) is 2.53. The van der Waals surface area contributed by atoms with Gasteiger partial charge in [0.1, 0.15) is 0 Å². The van der Waals surface area contributed by atoms with Gasteiger partial charge in [0.2, 0.25) is 5.91 Å². The molecule has 3 nitrogen and oxygen atoms in total. The minimum Gasteiger partial charge on any atom is -0.372 e. The van der Waals surface area contributed by atoms with Crippen LogP contribution in [0.5, 0.6) is 0 Å². The van der Waals surface area contributed by atoms with Crippen LogP contribution in [0.2, 0.25) is 0 Å². The Morgan fingerprint density at radius 3 is 2.48 bits per heavy atom. The molecule has 21 heavy (non-hydrogen) atoms. The molecule has 3 rings (SSSR count). The van der Waals surface area contributed by atoms with Gasteiger partial charge in [0.25, 0.3) is 0 Å². The van der Waals surface area contributed by atoms with E-state index >= 15 is 0 Å². The van der Waals surface area contributed by atoms with Gasteiger partial charge < -0.3 is 9.80 Å². The minimum atomic E-state index is 0.250. The third kappa shape index (κ3) is 3.29. The average Bonchev–Trinajstić information content (AvgIpc) is 2.89. The SMILES string of the molecule is C=CC1CC(=O)N(Cc2ccc(N3CCCCC3)cc2)C1. The number of amides is 1. The normalized spacial score (nSPS) is 22.7. The Hall–Kier alpha value is -1.77. The quantitative estimate of drug-likeness (QED) is 0.793. The van der Waals surface area contributed by atoms with Crippen molar-refractivity contribution in [3.8, 4) is 0 Å². The number of nitrogens with zero attached hydrogens (tertiary/aromatic N) is 2. The lowest BCUT2D eigenvalue weighted by atomic mass is 10.1. The lowest BCUT2D eigenvalue weighted by molar-refractivity contribution is -0.128. The molecule has 1 aromatic carbocycles. The molecule has 2 saturated heterocycles. The van der Waals surface area contributed by atoms with Crippen LogP contribution in [0.4, 0.5) is 5.69 Å². The Morgan fingerprint density at radius 1 is 1.14 bits per heavy atom. The van der Waals surface area contributed by atoms with Gasteiger partial charge in [-0.25, -0.2) is 0 Å². The Bertz CT molecular complexity index is 502. The molecule has 0 radical (unpaired) electrons. The van der Waals surface area contributed by atoms with Gasteiger partial charge in [-0.3, -0.25) is 4.79 Å². The molecular formula is C18H24N2O. The maximum absolute atomic E-state index is 11.9.